The van der Waals surface area contributed by atoms with Gasteiger partial charge in [-0.2, -0.15) is 0 Å². The molecule has 17 nitrogen and oxygen atoms in total. The van der Waals surface area contributed by atoms with Crippen LogP contribution in [0.1, 0.15) is 96.9 Å². The summed E-state index contributed by atoms with van der Waals surface area (Å²) in [6, 6.07) is 4.25. The van der Waals surface area contributed by atoms with Crippen molar-refractivity contribution in [2.45, 2.75) is 104 Å². The van der Waals surface area contributed by atoms with Crippen LogP contribution in [0.5, 0.6) is 0 Å². The number of carbonyl (C=O) groups is 3. The number of nitrogens with zero attached hydrogens (tertiary/aromatic N) is 2. The van der Waals surface area contributed by atoms with Crippen molar-refractivity contribution in [3.8, 4) is 0 Å². The van der Waals surface area contributed by atoms with E-state index in [4.69, 9.17) is 14.0 Å². The maximum absolute atomic E-state index is 13.2. The van der Waals surface area contributed by atoms with E-state index >= 15 is 0 Å². The molecule has 6 atom stereocenters. The van der Waals surface area contributed by atoms with Crippen molar-refractivity contribution in [1.82, 2.24) is 25.5 Å². The molecule has 298 valence electrons. The monoisotopic (exact) mass is 812 g/mol. The Balaban J connectivity index is 1.71. The predicted molar refractivity (Wildman–Crippen MR) is 210 cm³/mol. The van der Waals surface area contributed by atoms with Crippen LogP contribution in [0.4, 0.5) is 10.5 Å². The molecule has 3 amide bonds. The second-order valence-electron chi connectivity index (χ2n) is 14.1. The number of carbonyl (C=O) groups excluding carboxylic acids is 3. The van der Waals surface area contributed by atoms with E-state index in [1.807, 2.05) is 0 Å². The van der Waals surface area contributed by atoms with Gasteiger partial charge in [-0.05, 0) is 58.2 Å². The van der Waals surface area contributed by atoms with Gasteiger partial charge in [0.15, 0.2) is 5.72 Å². The zero-order chi connectivity index (χ0) is 40.6. The number of aromatic amines is 1. The summed E-state index contributed by atoms with van der Waals surface area (Å²) in [6.07, 6.45) is 3.95. The Kier molecular flexibility index (Phi) is 15.2. The molecule has 0 bridgehead atoms. The van der Waals surface area contributed by atoms with Crippen LogP contribution in [-0.4, -0.2) is 61.8 Å². The van der Waals surface area contributed by atoms with E-state index in [1.165, 1.54) is 48.9 Å². The standard InChI is InChI=1S/C34H51N6O11P3/c1-21(25-17-23(12-13-26(25)40(47)48)18-37-27(42)11-9-8-10-15-35-22(2)41)50-30(45)36-16-14-24-19-39(29(44)38-28(24)43)34(7)31(3,4)33(6,46)32(5,51-34)20-49-54(52)53/h12-14,16-17,19,21,46H,8-11,15,18,20,52-53H2,1-7H3,(H,35,41)(H,36,45)(H,37,42)(H,38,43,44)/b16-14+. The molecule has 54 heavy (non-hydrogen) atoms. The molecule has 0 saturated carbocycles. The summed E-state index contributed by atoms with van der Waals surface area (Å²) in [6.45, 7) is 12.0. The topological polar surface area (TPSA) is 233 Å². The molecule has 2 heterocycles. The summed E-state index contributed by atoms with van der Waals surface area (Å²) < 4.78 is 18.9. The Hall–Kier alpha value is -3.58. The maximum Gasteiger partial charge on any atom is 0.411 e. The molecule has 3 rings (SSSR count). The highest BCUT2D eigenvalue weighted by atomic mass is 32.4. The SMILES string of the molecule is CC(=O)NCCCCCC(=O)NCc1ccc([N+](=O)[O-])c(C(C)OC(=O)N/C=C/c2cn(C3(C)OC(C)(COP(P)P)C(C)(O)C3(C)C)c(=O)[nH]c2=O)c1. The number of alkyl carbamates (subject to hydrolysis) is 1. The van der Waals surface area contributed by atoms with Crippen LogP contribution in [0.3, 0.4) is 0 Å². The third-order valence-electron chi connectivity index (χ3n) is 10.2. The summed E-state index contributed by atoms with van der Waals surface area (Å²) in [5.74, 6) is -0.307. The number of aromatic nitrogens is 2. The summed E-state index contributed by atoms with van der Waals surface area (Å²) >= 11 is 0. The van der Waals surface area contributed by atoms with Gasteiger partial charge in [0.25, 0.3) is 11.2 Å². The number of nitro groups is 1. The van der Waals surface area contributed by atoms with Gasteiger partial charge in [0.05, 0.1) is 30.2 Å². The fourth-order valence-electron chi connectivity index (χ4n) is 6.22. The van der Waals surface area contributed by atoms with Gasteiger partial charge in [0.2, 0.25) is 11.8 Å². The minimum Gasteiger partial charge on any atom is -0.441 e. The van der Waals surface area contributed by atoms with Gasteiger partial charge in [0.1, 0.15) is 17.3 Å². The van der Waals surface area contributed by atoms with Crippen molar-refractivity contribution in [2.24, 2.45) is 5.41 Å². The fourth-order valence-corrected chi connectivity index (χ4v) is 7.06. The highest BCUT2D eigenvalue weighted by Crippen LogP contribution is 2.61. The maximum atomic E-state index is 13.2. The number of amides is 3. The average Bonchev–Trinajstić information content (AvgIpc) is 3.18. The zero-order valence-corrected chi connectivity index (χ0v) is 34.7. The minimum absolute atomic E-state index is 0.0148. The second-order valence-corrected chi connectivity index (χ2v) is 19.9. The average molecular weight is 813 g/mol. The fraction of sp³-hybridized carbons (Fsp3) is 0.559. The Bertz CT molecular complexity index is 1860. The number of ether oxygens (including phenoxy) is 2. The Morgan fingerprint density at radius 3 is 2.44 bits per heavy atom. The number of benzene rings is 1. The van der Waals surface area contributed by atoms with Crippen molar-refractivity contribution in [2.75, 3.05) is 13.2 Å². The van der Waals surface area contributed by atoms with Crippen LogP contribution in [0.25, 0.3) is 6.08 Å². The molecular formula is C34H51N6O11P3. The van der Waals surface area contributed by atoms with Crippen molar-refractivity contribution < 1.29 is 38.4 Å². The molecule has 5 N–H and O–H groups in total. The van der Waals surface area contributed by atoms with Crippen LogP contribution >= 0.6 is 25.4 Å². The highest BCUT2D eigenvalue weighted by Gasteiger charge is 2.71. The first-order chi connectivity index (χ1) is 25.1. The third kappa shape index (κ3) is 10.4. The van der Waals surface area contributed by atoms with Gasteiger partial charge >= 0.3 is 11.8 Å². The minimum atomic E-state index is -1.51. The quantitative estimate of drug-likeness (QED) is 0.0648. The van der Waals surface area contributed by atoms with Crippen LogP contribution in [0.2, 0.25) is 0 Å². The molecule has 1 aliphatic heterocycles. The number of nitro benzene ring substituents is 1. The normalized spacial score (nSPS) is 22.6. The van der Waals surface area contributed by atoms with Gasteiger partial charge in [-0.3, -0.25) is 39.4 Å². The van der Waals surface area contributed by atoms with Crippen LogP contribution in [0, 0.1) is 15.5 Å². The smallest absolute Gasteiger partial charge is 0.411 e. The number of hydrogen-bond acceptors (Lipinski definition) is 11. The first-order valence-electron chi connectivity index (χ1n) is 17.2. The lowest BCUT2D eigenvalue weighted by Crippen LogP contribution is -2.58. The first kappa shape index (κ1) is 44.8. The van der Waals surface area contributed by atoms with Crippen LogP contribution in [0.15, 0.2) is 40.2 Å². The molecular weight excluding hydrogens is 761 g/mol. The van der Waals surface area contributed by atoms with Gasteiger partial charge in [-0.1, -0.05) is 44.2 Å². The Morgan fingerprint density at radius 2 is 1.81 bits per heavy atom. The van der Waals surface area contributed by atoms with E-state index in [0.29, 0.717) is 18.5 Å². The Labute approximate surface area is 318 Å². The molecule has 0 radical (unpaired) electrons. The van der Waals surface area contributed by atoms with E-state index in [-0.39, 0.29) is 48.2 Å². The summed E-state index contributed by atoms with van der Waals surface area (Å²) in [4.78, 5) is 75.5. The van der Waals surface area contributed by atoms with Crippen molar-refractivity contribution in [3.05, 3.63) is 78.2 Å². The van der Waals surface area contributed by atoms with Gasteiger partial charge < -0.3 is 29.7 Å². The number of hydrogen-bond donors (Lipinski definition) is 5. The van der Waals surface area contributed by atoms with E-state index in [1.54, 1.807) is 34.6 Å². The molecule has 1 fully saturated rings. The van der Waals surface area contributed by atoms with E-state index in [0.717, 1.165) is 19.0 Å². The molecule has 1 aromatic carbocycles. The summed E-state index contributed by atoms with van der Waals surface area (Å²) in [7, 11) is 4.12. The molecule has 1 saturated heterocycles. The van der Waals surface area contributed by atoms with E-state index in [2.05, 4.69) is 38.8 Å². The molecule has 6 unspecified atom stereocenters. The number of nitrogens with one attached hydrogen (secondary N) is 4. The molecule has 20 heteroatoms. The number of H-pyrrole nitrogens is 1. The lowest BCUT2D eigenvalue weighted by Gasteiger charge is -2.44. The van der Waals surface area contributed by atoms with Crippen molar-refractivity contribution >= 4 is 55.1 Å². The van der Waals surface area contributed by atoms with Gasteiger partial charge in [-0.15, -0.1) is 0 Å². The molecule has 0 aliphatic carbocycles. The van der Waals surface area contributed by atoms with Gasteiger partial charge in [0, 0.05) is 50.3 Å². The van der Waals surface area contributed by atoms with Gasteiger partial charge in [-0.25, -0.2) is 9.59 Å². The molecule has 0 spiro atoms. The zero-order valence-electron chi connectivity index (χ0n) is 31.5. The van der Waals surface area contributed by atoms with Crippen molar-refractivity contribution in [1.29, 1.82) is 0 Å². The largest absolute Gasteiger partial charge is 0.441 e. The highest BCUT2D eigenvalue weighted by molar-refractivity contribution is 8.41. The number of aliphatic hydroxyl groups is 1. The predicted octanol–water partition coefficient (Wildman–Crippen LogP) is 4.45. The van der Waals surface area contributed by atoms with E-state index < -0.39 is 58.2 Å². The van der Waals surface area contributed by atoms with Crippen LogP contribution in [-0.2, 0) is 35.9 Å². The lowest BCUT2D eigenvalue weighted by molar-refractivity contribution is -0.386. The molecule has 1 aromatic heterocycles. The number of rotatable bonds is 17. The second kappa shape index (κ2) is 18.4. The summed E-state index contributed by atoms with van der Waals surface area (Å²) in [5.41, 5.74) is -6.58. The lowest BCUT2D eigenvalue weighted by atomic mass is 9.65. The molecule has 1 aliphatic rings. The third-order valence-corrected chi connectivity index (χ3v) is 11.5. The number of unbranched alkanes of at least 4 members (excludes halogenated alkanes) is 2. The van der Waals surface area contributed by atoms with Crippen LogP contribution < -0.4 is 27.2 Å². The summed E-state index contributed by atoms with van der Waals surface area (Å²) in [5, 5.41) is 31.4. The first-order valence-corrected chi connectivity index (χ1v) is 21.7. The molecule has 2 aromatic rings. The van der Waals surface area contributed by atoms with E-state index in [9.17, 15) is 39.2 Å². The van der Waals surface area contributed by atoms with Crippen molar-refractivity contribution in [3.63, 3.8) is 0 Å². The Morgan fingerprint density at radius 1 is 1.13 bits per heavy atom.